The van der Waals surface area contributed by atoms with Gasteiger partial charge in [-0.3, -0.25) is 4.79 Å². The molecule has 0 fully saturated rings. The van der Waals surface area contributed by atoms with Gasteiger partial charge in [-0.15, -0.1) is 0 Å². The van der Waals surface area contributed by atoms with Crippen LogP contribution in [0.1, 0.15) is 25.8 Å². The lowest BCUT2D eigenvalue weighted by Crippen LogP contribution is -2.36. The highest BCUT2D eigenvalue weighted by atomic mass is 16.6. The van der Waals surface area contributed by atoms with Gasteiger partial charge in [-0.1, -0.05) is 30.3 Å². The maximum Gasteiger partial charge on any atom is 0.302 e. The molecule has 0 aromatic heterocycles. The summed E-state index contributed by atoms with van der Waals surface area (Å²) in [7, 11) is 0. The van der Waals surface area contributed by atoms with Gasteiger partial charge in [0.15, 0.2) is 0 Å². The Balaban J connectivity index is 2.54. The van der Waals surface area contributed by atoms with Crippen molar-refractivity contribution in [3.8, 4) is 0 Å². The van der Waals surface area contributed by atoms with Crippen molar-refractivity contribution in [2.24, 2.45) is 0 Å². The first kappa shape index (κ1) is 16.6. The molecule has 0 aliphatic heterocycles. The van der Waals surface area contributed by atoms with Crippen molar-refractivity contribution in [1.29, 1.82) is 0 Å². The first-order valence-electron chi connectivity index (χ1n) is 6.64. The van der Waals surface area contributed by atoms with Crippen LogP contribution in [-0.2, 0) is 20.9 Å². The second kappa shape index (κ2) is 8.68. The third kappa shape index (κ3) is 6.65. The minimum atomic E-state index is -0.891. The summed E-state index contributed by atoms with van der Waals surface area (Å²) in [6, 6.07) is 9.51. The third-order valence-corrected chi connectivity index (χ3v) is 2.77. The molecule has 3 atom stereocenters. The number of aliphatic hydroxyl groups excluding tert-OH is 2. The number of hydrogen-bond acceptors (Lipinski definition) is 5. The van der Waals surface area contributed by atoms with Crippen LogP contribution in [0.5, 0.6) is 0 Å². The van der Waals surface area contributed by atoms with E-state index in [2.05, 4.69) is 0 Å². The van der Waals surface area contributed by atoms with E-state index in [0.717, 1.165) is 5.56 Å². The average molecular weight is 282 g/mol. The number of ether oxygens (including phenoxy) is 2. The molecule has 0 unspecified atom stereocenters. The molecular formula is C15H22O5. The molecule has 1 aromatic carbocycles. The van der Waals surface area contributed by atoms with Gasteiger partial charge in [-0.25, -0.2) is 0 Å². The number of esters is 1. The lowest BCUT2D eigenvalue weighted by Gasteiger charge is -2.24. The third-order valence-electron chi connectivity index (χ3n) is 2.77. The summed E-state index contributed by atoms with van der Waals surface area (Å²) >= 11 is 0. The predicted octanol–water partition coefficient (Wildman–Crippen LogP) is 1.27. The highest BCUT2D eigenvalue weighted by Gasteiger charge is 2.23. The van der Waals surface area contributed by atoms with E-state index in [1.54, 1.807) is 6.92 Å². The standard InChI is InChI=1S/C15H22O5/c1-11(16)8-14(18)15(10-19-12(2)17)20-9-13-6-4-3-5-7-13/h3-7,11,14-16,18H,8-10H2,1-2H3/t11-,14-,15+/m1/s1. The maximum absolute atomic E-state index is 10.9. The van der Waals surface area contributed by atoms with E-state index in [1.165, 1.54) is 6.92 Å². The van der Waals surface area contributed by atoms with Crippen LogP contribution in [-0.4, -0.2) is 41.1 Å². The topological polar surface area (TPSA) is 76.0 Å². The lowest BCUT2D eigenvalue weighted by atomic mass is 10.1. The molecule has 5 nitrogen and oxygen atoms in total. The van der Waals surface area contributed by atoms with E-state index >= 15 is 0 Å². The summed E-state index contributed by atoms with van der Waals surface area (Å²) in [5.41, 5.74) is 0.963. The van der Waals surface area contributed by atoms with Crippen molar-refractivity contribution >= 4 is 5.97 Å². The fourth-order valence-electron chi connectivity index (χ4n) is 1.75. The zero-order valence-corrected chi connectivity index (χ0v) is 11.9. The molecule has 0 spiro atoms. The summed E-state index contributed by atoms with van der Waals surface area (Å²) in [6.45, 7) is 3.16. The predicted molar refractivity (Wildman–Crippen MR) is 74.0 cm³/mol. The van der Waals surface area contributed by atoms with Crippen molar-refractivity contribution in [1.82, 2.24) is 0 Å². The summed E-state index contributed by atoms with van der Waals surface area (Å²) in [6.07, 6.45) is -2.03. The first-order chi connectivity index (χ1) is 9.49. The van der Waals surface area contributed by atoms with E-state index in [1.807, 2.05) is 30.3 Å². The normalized spacial score (nSPS) is 15.4. The molecule has 0 saturated carbocycles. The Labute approximate surface area is 119 Å². The fourth-order valence-corrected chi connectivity index (χ4v) is 1.75. The minimum Gasteiger partial charge on any atom is -0.463 e. The number of hydrogen-bond donors (Lipinski definition) is 2. The molecule has 0 aliphatic rings. The Morgan fingerprint density at radius 3 is 2.45 bits per heavy atom. The molecule has 1 rings (SSSR count). The van der Waals surface area contributed by atoms with Crippen LogP contribution in [0.4, 0.5) is 0 Å². The van der Waals surface area contributed by atoms with Crippen molar-refractivity contribution in [2.45, 2.75) is 45.2 Å². The number of rotatable bonds is 8. The van der Waals surface area contributed by atoms with Gasteiger partial charge in [-0.05, 0) is 12.5 Å². The minimum absolute atomic E-state index is 0.0317. The van der Waals surface area contributed by atoms with Gasteiger partial charge in [0.1, 0.15) is 12.7 Å². The maximum atomic E-state index is 10.9. The molecule has 2 N–H and O–H groups in total. The van der Waals surface area contributed by atoms with Crippen LogP contribution in [0.15, 0.2) is 30.3 Å². The largest absolute Gasteiger partial charge is 0.463 e. The Morgan fingerprint density at radius 1 is 1.25 bits per heavy atom. The van der Waals surface area contributed by atoms with Crippen LogP contribution in [0.3, 0.4) is 0 Å². The summed E-state index contributed by atoms with van der Waals surface area (Å²) < 4.78 is 10.5. The smallest absolute Gasteiger partial charge is 0.302 e. The van der Waals surface area contributed by atoms with Gasteiger partial charge in [-0.2, -0.15) is 0 Å². The van der Waals surface area contributed by atoms with Crippen molar-refractivity contribution in [3.63, 3.8) is 0 Å². The van der Waals surface area contributed by atoms with E-state index in [4.69, 9.17) is 9.47 Å². The van der Waals surface area contributed by atoms with E-state index in [-0.39, 0.29) is 13.0 Å². The molecule has 0 aliphatic carbocycles. The number of carbonyl (C=O) groups is 1. The van der Waals surface area contributed by atoms with Gasteiger partial charge in [0.2, 0.25) is 0 Å². The van der Waals surface area contributed by atoms with Gasteiger partial charge in [0, 0.05) is 13.3 Å². The van der Waals surface area contributed by atoms with Crippen LogP contribution in [0, 0.1) is 0 Å². The second-order valence-corrected chi connectivity index (χ2v) is 4.79. The molecule has 0 bridgehead atoms. The molecule has 0 radical (unpaired) electrons. The number of benzene rings is 1. The zero-order chi connectivity index (χ0) is 15.0. The SMILES string of the molecule is CC(=O)OC[C@H](OCc1ccccc1)[C@H](O)C[C@@H](C)O. The van der Waals surface area contributed by atoms with Gasteiger partial charge >= 0.3 is 5.97 Å². The van der Waals surface area contributed by atoms with Crippen LogP contribution in [0.25, 0.3) is 0 Å². The van der Waals surface area contributed by atoms with Gasteiger partial charge in [0.05, 0.1) is 18.8 Å². The molecular weight excluding hydrogens is 260 g/mol. The fraction of sp³-hybridized carbons (Fsp3) is 0.533. The Morgan fingerprint density at radius 2 is 1.90 bits per heavy atom. The molecule has 0 saturated heterocycles. The quantitative estimate of drug-likeness (QED) is 0.702. The molecule has 112 valence electrons. The van der Waals surface area contributed by atoms with Crippen molar-refractivity contribution in [2.75, 3.05) is 6.61 Å². The Hall–Kier alpha value is -1.43. The Kier molecular flexibility index (Phi) is 7.22. The molecule has 5 heteroatoms. The van der Waals surface area contributed by atoms with Crippen LogP contribution in [0.2, 0.25) is 0 Å². The zero-order valence-electron chi connectivity index (χ0n) is 11.9. The van der Waals surface area contributed by atoms with Gasteiger partial charge < -0.3 is 19.7 Å². The number of aliphatic hydroxyl groups is 2. The Bertz CT molecular complexity index is 391. The highest BCUT2D eigenvalue weighted by molar-refractivity contribution is 5.65. The monoisotopic (exact) mass is 282 g/mol. The highest BCUT2D eigenvalue weighted by Crippen LogP contribution is 2.11. The van der Waals surface area contributed by atoms with Crippen LogP contribution < -0.4 is 0 Å². The van der Waals surface area contributed by atoms with E-state index in [9.17, 15) is 15.0 Å². The summed E-state index contributed by atoms with van der Waals surface area (Å²) in [5.74, 6) is -0.428. The molecule has 20 heavy (non-hydrogen) atoms. The second-order valence-electron chi connectivity index (χ2n) is 4.79. The van der Waals surface area contributed by atoms with Crippen LogP contribution >= 0.6 is 0 Å². The summed E-state index contributed by atoms with van der Waals surface area (Å²) in [5, 5.41) is 19.3. The first-order valence-corrected chi connectivity index (χ1v) is 6.64. The van der Waals surface area contributed by atoms with Crippen molar-refractivity contribution in [3.05, 3.63) is 35.9 Å². The van der Waals surface area contributed by atoms with E-state index < -0.39 is 24.3 Å². The molecule has 0 heterocycles. The lowest BCUT2D eigenvalue weighted by molar-refractivity contribution is -0.150. The van der Waals surface area contributed by atoms with Crippen molar-refractivity contribution < 1.29 is 24.5 Å². The average Bonchev–Trinajstić information content (AvgIpc) is 2.38. The summed E-state index contributed by atoms with van der Waals surface area (Å²) in [4.78, 5) is 10.9. The molecule has 0 amide bonds. The van der Waals surface area contributed by atoms with Gasteiger partial charge in [0.25, 0.3) is 0 Å². The number of carbonyl (C=O) groups excluding carboxylic acids is 1. The van der Waals surface area contributed by atoms with E-state index in [0.29, 0.717) is 6.61 Å². The molecule has 1 aromatic rings.